The van der Waals surface area contributed by atoms with E-state index in [-0.39, 0.29) is 11.6 Å². The molecule has 150 valence electrons. The molecule has 0 atom stereocenters. The molecule has 7 heteroatoms. The molecule has 0 aliphatic carbocycles. The molecular formula is C22H22N2O3S2. The van der Waals surface area contributed by atoms with Crippen LogP contribution in [0.25, 0.3) is 22.2 Å². The smallest absolute Gasteiger partial charge is 0.182 e. The van der Waals surface area contributed by atoms with E-state index in [2.05, 4.69) is 9.97 Å². The van der Waals surface area contributed by atoms with Crippen LogP contribution in [-0.4, -0.2) is 33.2 Å². The highest BCUT2D eigenvalue weighted by Gasteiger charge is 2.18. The number of ketones is 2. The lowest BCUT2D eigenvalue weighted by molar-refractivity contribution is -0.121. The highest BCUT2D eigenvalue weighted by molar-refractivity contribution is 7.21. The minimum Gasteiger partial charge on any atom is -0.389 e. The molecule has 5 nitrogen and oxygen atoms in total. The van der Waals surface area contributed by atoms with Crippen LogP contribution in [0.3, 0.4) is 0 Å². The Morgan fingerprint density at radius 3 is 2.52 bits per heavy atom. The third-order valence-corrected chi connectivity index (χ3v) is 6.23. The SMILES string of the molecule is O=C(CO)CCCCCC(=O)c1nc(-c2nccs2)sc1/C=C/c1ccccc1. The van der Waals surface area contributed by atoms with Gasteiger partial charge in [0.1, 0.15) is 12.3 Å². The fourth-order valence-corrected chi connectivity index (χ4v) is 4.45. The highest BCUT2D eigenvalue weighted by atomic mass is 32.1. The van der Waals surface area contributed by atoms with Gasteiger partial charge in [-0.05, 0) is 24.5 Å². The van der Waals surface area contributed by atoms with E-state index in [1.54, 1.807) is 6.20 Å². The lowest BCUT2D eigenvalue weighted by atomic mass is 10.1. The molecule has 0 saturated carbocycles. The first-order valence-electron chi connectivity index (χ1n) is 9.47. The standard InChI is InChI=1S/C22H22N2O3S2/c25-15-17(26)9-5-2-6-10-18(27)20-19(12-11-16-7-3-1-4-8-16)29-22(24-20)21-23-13-14-28-21/h1,3-4,7-8,11-14,25H,2,5-6,9-10,15H2/b12-11+. The molecule has 0 saturated heterocycles. The summed E-state index contributed by atoms with van der Waals surface area (Å²) in [5.41, 5.74) is 1.54. The van der Waals surface area contributed by atoms with E-state index in [9.17, 15) is 9.59 Å². The molecule has 0 aliphatic heterocycles. The third kappa shape index (κ3) is 6.25. The molecule has 0 unspecified atom stereocenters. The zero-order chi connectivity index (χ0) is 20.5. The number of hydrogen-bond donors (Lipinski definition) is 1. The predicted octanol–water partition coefficient (Wildman–Crippen LogP) is 5.13. The van der Waals surface area contributed by atoms with Gasteiger partial charge in [-0.25, -0.2) is 9.97 Å². The van der Waals surface area contributed by atoms with Crippen molar-refractivity contribution in [2.24, 2.45) is 0 Å². The number of aliphatic hydroxyl groups excluding tert-OH is 1. The number of unbranched alkanes of at least 4 members (excludes halogenated alkanes) is 2. The summed E-state index contributed by atoms with van der Waals surface area (Å²) >= 11 is 2.97. The minimum absolute atomic E-state index is 0.00486. The number of benzene rings is 1. The summed E-state index contributed by atoms with van der Waals surface area (Å²) in [5.74, 6) is -0.150. The van der Waals surface area contributed by atoms with Crippen molar-refractivity contribution in [3.8, 4) is 10.0 Å². The van der Waals surface area contributed by atoms with Gasteiger partial charge in [-0.2, -0.15) is 0 Å². The number of Topliss-reactive ketones (excluding diaryl/α,β-unsaturated/α-hetero) is 2. The van der Waals surface area contributed by atoms with Gasteiger partial charge in [-0.1, -0.05) is 42.8 Å². The summed E-state index contributed by atoms with van der Waals surface area (Å²) in [5, 5.41) is 12.2. The van der Waals surface area contributed by atoms with Crippen molar-refractivity contribution in [3.63, 3.8) is 0 Å². The predicted molar refractivity (Wildman–Crippen MR) is 118 cm³/mol. The van der Waals surface area contributed by atoms with Crippen molar-refractivity contribution >= 4 is 46.4 Å². The molecule has 2 aromatic heterocycles. The van der Waals surface area contributed by atoms with Crippen molar-refractivity contribution in [3.05, 3.63) is 58.0 Å². The van der Waals surface area contributed by atoms with E-state index < -0.39 is 6.61 Å². The van der Waals surface area contributed by atoms with Crippen molar-refractivity contribution in [2.45, 2.75) is 32.1 Å². The normalized spacial score (nSPS) is 11.2. The number of rotatable bonds is 11. The molecule has 0 bridgehead atoms. The van der Waals surface area contributed by atoms with Gasteiger partial charge >= 0.3 is 0 Å². The molecule has 1 N–H and O–H groups in total. The quantitative estimate of drug-likeness (QED) is 0.339. The van der Waals surface area contributed by atoms with Crippen molar-refractivity contribution in [1.29, 1.82) is 0 Å². The van der Waals surface area contributed by atoms with Gasteiger partial charge in [0.15, 0.2) is 21.6 Å². The van der Waals surface area contributed by atoms with Crippen LogP contribution in [0.15, 0.2) is 41.9 Å². The van der Waals surface area contributed by atoms with E-state index in [0.717, 1.165) is 26.9 Å². The lowest BCUT2D eigenvalue weighted by Crippen LogP contribution is -2.04. The van der Waals surface area contributed by atoms with E-state index in [4.69, 9.17) is 5.11 Å². The highest BCUT2D eigenvalue weighted by Crippen LogP contribution is 2.31. The number of nitrogens with zero attached hydrogens (tertiary/aromatic N) is 2. The first kappa shape index (κ1) is 21.2. The molecular weight excluding hydrogens is 404 g/mol. The summed E-state index contributed by atoms with van der Waals surface area (Å²) < 4.78 is 0. The topological polar surface area (TPSA) is 80.1 Å². The molecule has 0 fully saturated rings. The maximum atomic E-state index is 12.8. The zero-order valence-electron chi connectivity index (χ0n) is 15.9. The Labute approximate surface area is 177 Å². The van der Waals surface area contributed by atoms with Gasteiger partial charge in [0, 0.05) is 24.4 Å². The van der Waals surface area contributed by atoms with E-state index >= 15 is 0 Å². The molecule has 29 heavy (non-hydrogen) atoms. The number of thiazole rings is 2. The third-order valence-electron chi connectivity index (χ3n) is 4.30. The van der Waals surface area contributed by atoms with Crippen LogP contribution in [0.4, 0.5) is 0 Å². The van der Waals surface area contributed by atoms with Crippen molar-refractivity contribution in [1.82, 2.24) is 9.97 Å². The second kappa shape index (κ2) is 10.9. The van der Waals surface area contributed by atoms with E-state index in [1.165, 1.54) is 22.7 Å². The fourth-order valence-electron chi connectivity index (χ4n) is 2.78. The zero-order valence-corrected chi connectivity index (χ0v) is 17.5. The van der Waals surface area contributed by atoms with Gasteiger partial charge in [0.05, 0.1) is 4.88 Å². The first-order chi connectivity index (χ1) is 14.2. The van der Waals surface area contributed by atoms with E-state index in [1.807, 2.05) is 47.9 Å². The van der Waals surface area contributed by atoms with Crippen LogP contribution in [0, 0.1) is 0 Å². The van der Waals surface area contributed by atoms with E-state index in [0.29, 0.717) is 31.4 Å². The maximum absolute atomic E-state index is 12.8. The van der Waals surface area contributed by atoms with Crippen LogP contribution in [0.1, 0.15) is 53.0 Å². The van der Waals surface area contributed by atoms with Gasteiger partial charge in [-0.15, -0.1) is 22.7 Å². The first-order valence-corrected chi connectivity index (χ1v) is 11.2. The van der Waals surface area contributed by atoms with Crippen LogP contribution in [-0.2, 0) is 4.79 Å². The number of aromatic nitrogens is 2. The summed E-state index contributed by atoms with van der Waals surface area (Å²) in [6, 6.07) is 9.93. The van der Waals surface area contributed by atoms with Crippen LogP contribution >= 0.6 is 22.7 Å². The molecule has 0 aliphatic rings. The monoisotopic (exact) mass is 426 g/mol. The number of carbonyl (C=O) groups excluding carboxylic acids is 2. The second-order valence-electron chi connectivity index (χ2n) is 6.49. The number of hydrogen-bond acceptors (Lipinski definition) is 7. The Morgan fingerprint density at radius 1 is 1.00 bits per heavy atom. The summed E-state index contributed by atoms with van der Waals surface area (Å²) in [4.78, 5) is 33.7. The molecule has 0 radical (unpaired) electrons. The van der Waals surface area contributed by atoms with Gasteiger partial charge in [0.25, 0.3) is 0 Å². The molecule has 3 aromatic rings. The van der Waals surface area contributed by atoms with Gasteiger partial charge in [-0.3, -0.25) is 9.59 Å². The van der Waals surface area contributed by atoms with Crippen LogP contribution < -0.4 is 0 Å². The summed E-state index contributed by atoms with van der Waals surface area (Å²) in [6.07, 6.45) is 8.57. The molecule has 0 amide bonds. The van der Waals surface area contributed by atoms with Gasteiger partial charge < -0.3 is 5.11 Å². The Bertz CT molecular complexity index is 963. The van der Waals surface area contributed by atoms with Crippen molar-refractivity contribution < 1.29 is 14.7 Å². The molecule has 3 rings (SSSR count). The largest absolute Gasteiger partial charge is 0.389 e. The average molecular weight is 427 g/mol. The summed E-state index contributed by atoms with van der Waals surface area (Å²) in [6.45, 7) is -0.408. The number of carbonyl (C=O) groups is 2. The Kier molecular flexibility index (Phi) is 7.98. The van der Waals surface area contributed by atoms with Crippen LogP contribution in [0.5, 0.6) is 0 Å². The molecule has 1 aromatic carbocycles. The molecule has 0 spiro atoms. The fraction of sp³-hybridized carbons (Fsp3) is 0.273. The summed E-state index contributed by atoms with van der Waals surface area (Å²) in [7, 11) is 0. The molecule has 2 heterocycles. The minimum atomic E-state index is -0.408. The second-order valence-corrected chi connectivity index (χ2v) is 8.42. The van der Waals surface area contributed by atoms with Crippen LogP contribution in [0.2, 0.25) is 0 Å². The Morgan fingerprint density at radius 2 is 1.79 bits per heavy atom. The lowest BCUT2D eigenvalue weighted by Gasteiger charge is -2.00. The van der Waals surface area contributed by atoms with Gasteiger partial charge in [0.2, 0.25) is 0 Å². The van der Waals surface area contributed by atoms with Crippen molar-refractivity contribution in [2.75, 3.05) is 6.61 Å². The number of aliphatic hydroxyl groups is 1. The Balaban J connectivity index is 1.71. The average Bonchev–Trinajstić information content (AvgIpc) is 3.42. The Hall–Kier alpha value is -2.48. The maximum Gasteiger partial charge on any atom is 0.182 e.